The van der Waals surface area contributed by atoms with E-state index in [1.165, 1.54) is 12.1 Å². The van der Waals surface area contributed by atoms with E-state index in [1.54, 1.807) is 39.8 Å². The molecule has 0 aliphatic heterocycles. The van der Waals surface area contributed by atoms with Crippen molar-refractivity contribution < 1.29 is 14.2 Å². The molecule has 1 rings (SSSR count). The number of halogens is 1. The Morgan fingerprint density at radius 3 is 1.93 bits per heavy atom. The van der Waals surface area contributed by atoms with Gasteiger partial charge in [0.25, 0.3) is 0 Å². The number of benzene rings is 1. The number of hydrogen-bond acceptors (Lipinski definition) is 2. The molecule has 1 aromatic carbocycles. The van der Waals surface area contributed by atoms with E-state index in [4.69, 9.17) is 4.74 Å². The minimum absolute atomic E-state index is 0.302. The van der Waals surface area contributed by atoms with Gasteiger partial charge in [-0.2, -0.15) is 0 Å². The topological polar surface area (TPSA) is 29.5 Å². The first-order chi connectivity index (χ1) is 6.72. The Labute approximate surface area is 89.7 Å². The van der Waals surface area contributed by atoms with Crippen LogP contribution >= 0.6 is 0 Å². The minimum atomic E-state index is -0.971. The van der Waals surface area contributed by atoms with E-state index in [-0.39, 0.29) is 5.82 Å². The molecular formula is C12H17FO2. The monoisotopic (exact) mass is 212 g/mol. The average Bonchev–Trinajstić information content (AvgIpc) is 2.06. The SMILES string of the molecule is CC(C)(O)C(C)(C)Oc1ccc(F)cc1. The molecule has 0 fully saturated rings. The van der Waals surface area contributed by atoms with Gasteiger partial charge in [-0.3, -0.25) is 0 Å². The van der Waals surface area contributed by atoms with Crippen LogP contribution in [-0.4, -0.2) is 16.3 Å². The normalized spacial score (nSPS) is 12.7. The second-order valence-electron chi connectivity index (χ2n) is 4.63. The van der Waals surface area contributed by atoms with Crippen LogP contribution in [0.3, 0.4) is 0 Å². The molecule has 0 atom stereocenters. The summed E-state index contributed by atoms with van der Waals surface area (Å²) in [6, 6.07) is 5.75. The third-order valence-electron chi connectivity index (χ3n) is 2.66. The Morgan fingerprint density at radius 2 is 1.53 bits per heavy atom. The summed E-state index contributed by atoms with van der Waals surface area (Å²) in [5, 5.41) is 9.86. The summed E-state index contributed by atoms with van der Waals surface area (Å²) >= 11 is 0. The van der Waals surface area contributed by atoms with Crippen LogP contribution in [0.5, 0.6) is 5.75 Å². The van der Waals surface area contributed by atoms with Crippen LogP contribution < -0.4 is 4.74 Å². The molecule has 3 heteroatoms. The van der Waals surface area contributed by atoms with Crippen molar-refractivity contribution in [3.63, 3.8) is 0 Å². The predicted molar refractivity (Wildman–Crippen MR) is 57.4 cm³/mol. The number of rotatable bonds is 3. The molecule has 0 aromatic heterocycles. The summed E-state index contributed by atoms with van der Waals surface area (Å²) in [7, 11) is 0. The highest BCUT2D eigenvalue weighted by Crippen LogP contribution is 2.27. The van der Waals surface area contributed by atoms with Gasteiger partial charge in [-0.1, -0.05) is 0 Å². The van der Waals surface area contributed by atoms with E-state index in [0.29, 0.717) is 5.75 Å². The number of hydrogen-bond donors (Lipinski definition) is 1. The predicted octanol–water partition coefficient (Wildman–Crippen LogP) is 2.75. The van der Waals surface area contributed by atoms with Crippen molar-refractivity contribution in [3.05, 3.63) is 30.1 Å². The highest BCUT2D eigenvalue weighted by Gasteiger charge is 2.37. The fourth-order valence-electron chi connectivity index (χ4n) is 0.922. The fourth-order valence-corrected chi connectivity index (χ4v) is 0.922. The van der Waals surface area contributed by atoms with Crippen LogP contribution in [0.15, 0.2) is 24.3 Å². The summed E-state index contributed by atoms with van der Waals surface area (Å²) in [5.41, 5.74) is -1.70. The van der Waals surface area contributed by atoms with Crippen LogP contribution in [0.2, 0.25) is 0 Å². The smallest absolute Gasteiger partial charge is 0.131 e. The Hall–Kier alpha value is -1.09. The Bertz CT molecular complexity index is 322. The lowest BCUT2D eigenvalue weighted by atomic mass is 9.89. The maximum Gasteiger partial charge on any atom is 0.131 e. The van der Waals surface area contributed by atoms with Gasteiger partial charge >= 0.3 is 0 Å². The molecule has 0 radical (unpaired) electrons. The van der Waals surface area contributed by atoms with Gasteiger partial charge in [-0.05, 0) is 52.0 Å². The van der Waals surface area contributed by atoms with E-state index >= 15 is 0 Å². The summed E-state index contributed by atoms with van der Waals surface area (Å²) in [4.78, 5) is 0. The van der Waals surface area contributed by atoms with Crippen molar-refractivity contribution in [3.8, 4) is 5.75 Å². The maximum absolute atomic E-state index is 12.6. The van der Waals surface area contributed by atoms with Crippen molar-refractivity contribution in [2.24, 2.45) is 0 Å². The zero-order chi connectivity index (χ0) is 11.7. The third-order valence-corrected chi connectivity index (χ3v) is 2.66. The minimum Gasteiger partial charge on any atom is -0.485 e. The molecule has 0 bridgehead atoms. The molecule has 1 aromatic rings. The van der Waals surface area contributed by atoms with Gasteiger partial charge < -0.3 is 9.84 Å². The zero-order valence-corrected chi connectivity index (χ0v) is 9.54. The second-order valence-corrected chi connectivity index (χ2v) is 4.63. The van der Waals surface area contributed by atoms with Crippen LogP contribution in [0.25, 0.3) is 0 Å². The fraction of sp³-hybridized carbons (Fsp3) is 0.500. The Kier molecular flexibility index (Phi) is 3.05. The third kappa shape index (κ3) is 2.93. The van der Waals surface area contributed by atoms with Crippen LogP contribution in [-0.2, 0) is 0 Å². The summed E-state index contributed by atoms with van der Waals surface area (Å²) in [6.45, 7) is 6.93. The number of ether oxygens (including phenoxy) is 1. The number of aliphatic hydroxyl groups is 1. The molecule has 1 N–H and O–H groups in total. The zero-order valence-electron chi connectivity index (χ0n) is 9.54. The first kappa shape index (κ1) is 12.0. The Balaban J connectivity index is 2.82. The van der Waals surface area contributed by atoms with Gasteiger partial charge in [0.15, 0.2) is 0 Å². The highest BCUT2D eigenvalue weighted by molar-refractivity contribution is 5.23. The highest BCUT2D eigenvalue weighted by atomic mass is 19.1. The van der Waals surface area contributed by atoms with Gasteiger partial charge in [0.2, 0.25) is 0 Å². The first-order valence-electron chi connectivity index (χ1n) is 4.89. The van der Waals surface area contributed by atoms with Gasteiger partial charge in [-0.15, -0.1) is 0 Å². The molecular weight excluding hydrogens is 195 g/mol. The molecule has 2 nitrogen and oxygen atoms in total. The lowest BCUT2D eigenvalue weighted by molar-refractivity contribution is -0.0906. The van der Waals surface area contributed by atoms with E-state index in [2.05, 4.69) is 0 Å². The average molecular weight is 212 g/mol. The molecule has 0 unspecified atom stereocenters. The largest absolute Gasteiger partial charge is 0.485 e. The summed E-state index contributed by atoms with van der Waals surface area (Å²) < 4.78 is 18.3. The van der Waals surface area contributed by atoms with Crippen molar-refractivity contribution in [2.45, 2.75) is 38.9 Å². The molecule has 0 amide bonds. The summed E-state index contributed by atoms with van der Waals surface area (Å²) in [6.07, 6.45) is 0. The lowest BCUT2D eigenvalue weighted by Crippen LogP contribution is -2.49. The molecule has 84 valence electrons. The molecule has 15 heavy (non-hydrogen) atoms. The van der Waals surface area contributed by atoms with Gasteiger partial charge in [0, 0.05) is 0 Å². The molecule has 0 spiro atoms. The van der Waals surface area contributed by atoms with Gasteiger partial charge in [0.1, 0.15) is 17.2 Å². The van der Waals surface area contributed by atoms with E-state index in [9.17, 15) is 9.50 Å². The van der Waals surface area contributed by atoms with E-state index in [1.807, 2.05) is 0 Å². The summed E-state index contributed by atoms with van der Waals surface area (Å²) in [5.74, 6) is 0.243. The van der Waals surface area contributed by atoms with Crippen molar-refractivity contribution in [1.82, 2.24) is 0 Å². The van der Waals surface area contributed by atoms with Crippen molar-refractivity contribution in [1.29, 1.82) is 0 Å². The first-order valence-corrected chi connectivity index (χ1v) is 4.89. The quantitative estimate of drug-likeness (QED) is 0.834. The standard InChI is InChI=1S/C12H17FO2/c1-11(2,14)12(3,4)15-10-7-5-9(13)6-8-10/h5-8,14H,1-4H3. The lowest BCUT2D eigenvalue weighted by Gasteiger charge is -2.37. The van der Waals surface area contributed by atoms with Crippen LogP contribution in [0.1, 0.15) is 27.7 Å². The molecule has 0 heterocycles. The Morgan fingerprint density at radius 1 is 1.07 bits per heavy atom. The van der Waals surface area contributed by atoms with Crippen molar-refractivity contribution >= 4 is 0 Å². The molecule has 0 aliphatic carbocycles. The molecule has 0 saturated heterocycles. The van der Waals surface area contributed by atoms with E-state index in [0.717, 1.165) is 0 Å². The van der Waals surface area contributed by atoms with Crippen LogP contribution in [0, 0.1) is 5.82 Å². The second kappa shape index (κ2) is 3.81. The molecule has 0 aliphatic rings. The van der Waals surface area contributed by atoms with E-state index < -0.39 is 11.2 Å². The molecule has 0 saturated carbocycles. The van der Waals surface area contributed by atoms with Crippen LogP contribution in [0.4, 0.5) is 4.39 Å². The van der Waals surface area contributed by atoms with Crippen molar-refractivity contribution in [2.75, 3.05) is 0 Å². The van der Waals surface area contributed by atoms with Gasteiger partial charge in [0.05, 0.1) is 5.60 Å². The maximum atomic E-state index is 12.6. The van der Waals surface area contributed by atoms with Gasteiger partial charge in [-0.25, -0.2) is 4.39 Å².